The van der Waals surface area contributed by atoms with Gasteiger partial charge in [0.2, 0.25) is 0 Å². The average molecular weight is 481 g/mol. The Morgan fingerprint density at radius 3 is 2.54 bits per heavy atom. The minimum atomic E-state index is -0.957. The number of aromatic nitrogens is 3. The number of hydrogen-bond donors (Lipinski definition) is 4. The number of ether oxygens (including phenoxy) is 1. The molecule has 0 fully saturated rings. The summed E-state index contributed by atoms with van der Waals surface area (Å²) in [6, 6.07) is 9.66. The van der Waals surface area contributed by atoms with Crippen molar-refractivity contribution in [2.24, 2.45) is 5.73 Å². The summed E-state index contributed by atoms with van der Waals surface area (Å²) < 4.78 is 47.3. The van der Waals surface area contributed by atoms with Crippen LogP contribution in [-0.2, 0) is 6.54 Å². The SMILES string of the molecule is NCc1ncc(C(=O)Nc2ccc(F)cc2F)c(Nc2ccc(Oc3ccnc(N)c3)c(F)c2)n1. The molecule has 2 heterocycles. The van der Waals surface area contributed by atoms with E-state index in [1.54, 1.807) is 0 Å². The van der Waals surface area contributed by atoms with Crippen molar-refractivity contribution in [2.45, 2.75) is 6.54 Å². The van der Waals surface area contributed by atoms with Crippen molar-refractivity contribution < 1.29 is 22.7 Å². The highest BCUT2D eigenvalue weighted by atomic mass is 19.1. The lowest BCUT2D eigenvalue weighted by molar-refractivity contribution is 0.102. The average Bonchev–Trinajstić information content (AvgIpc) is 2.82. The molecule has 0 aliphatic rings. The molecule has 0 aliphatic carbocycles. The number of nitrogens with two attached hydrogens (primary N) is 2. The van der Waals surface area contributed by atoms with E-state index in [1.165, 1.54) is 36.7 Å². The number of nitrogen functional groups attached to an aromatic ring is 1. The van der Waals surface area contributed by atoms with Gasteiger partial charge in [0.25, 0.3) is 5.91 Å². The van der Waals surface area contributed by atoms with Crippen LogP contribution in [0.4, 0.5) is 36.2 Å². The molecule has 0 unspecified atom stereocenters. The monoisotopic (exact) mass is 481 g/mol. The van der Waals surface area contributed by atoms with Crippen molar-refractivity contribution in [3.8, 4) is 11.5 Å². The summed E-state index contributed by atoms with van der Waals surface area (Å²) in [6.45, 7) is -0.0284. The Bertz CT molecular complexity index is 1400. The normalized spacial score (nSPS) is 10.6. The second-order valence-electron chi connectivity index (χ2n) is 7.12. The standard InChI is InChI=1S/C23H18F3N7O2/c24-12-1-3-18(16(25)7-12)32-23(34)15-11-30-21(10-27)33-22(15)31-13-2-4-19(17(26)8-13)35-14-5-6-29-20(28)9-14/h1-9,11H,10,27H2,(H2,28,29)(H,32,34)(H,30,31,33). The number of halogens is 3. The summed E-state index contributed by atoms with van der Waals surface area (Å²) >= 11 is 0. The van der Waals surface area contributed by atoms with Gasteiger partial charge in [0.05, 0.1) is 12.2 Å². The van der Waals surface area contributed by atoms with Gasteiger partial charge in [-0.25, -0.2) is 28.1 Å². The Labute approximate surface area is 197 Å². The summed E-state index contributed by atoms with van der Waals surface area (Å²) in [6.07, 6.45) is 2.61. The molecule has 0 radical (unpaired) electrons. The lowest BCUT2D eigenvalue weighted by atomic mass is 10.2. The number of hydrogen-bond acceptors (Lipinski definition) is 8. The molecule has 2 aromatic carbocycles. The van der Waals surface area contributed by atoms with E-state index in [-0.39, 0.29) is 46.7 Å². The fourth-order valence-electron chi connectivity index (χ4n) is 2.98. The first-order valence-electron chi connectivity index (χ1n) is 10.1. The van der Waals surface area contributed by atoms with Crippen LogP contribution < -0.4 is 26.8 Å². The molecule has 12 heteroatoms. The maximum Gasteiger partial charge on any atom is 0.261 e. The van der Waals surface area contributed by atoms with Crippen LogP contribution in [-0.4, -0.2) is 20.9 Å². The molecule has 6 N–H and O–H groups in total. The van der Waals surface area contributed by atoms with E-state index >= 15 is 0 Å². The fourth-order valence-corrected chi connectivity index (χ4v) is 2.98. The molecule has 9 nitrogen and oxygen atoms in total. The van der Waals surface area contributed by atoms with E-state index < -0.39 is 23.4 Å². The van der Waals surface area contributed by atoms with Gasteiger partial charge in [0.15, 0.2) is 11.6 Å². The lowest BCUT2D eigenvalue weighted by Gasteiger charge is -2.14. The molecule has 0 saturated carbocycles. The summed E-state index contributed by atoms with van der Waals surface area (Å²) in [4.78, 5) is 24.8. The molecule has 35 heavy (non-hydrogen) atoms. The second-order valence-corrected chi connectivity index (χ2v) is 7.12. The zero-order chi connectivity index (χ0) is 24.9. The number of rotatable bonds is 7. The molecular formula is C23H18F3N7O2. The largest absolute Gasteiger partial charge is 0.454 e. The minimum Gasteiger partial charge on any atom is -0.454 e. The van der Waals surface area contributed by atoms with E-state index in [1.807, 2.05) is 0 Å². The van der Waals surface area contributed by atoms with Gasteiger partial charge in [-0.1, -0.05) is 0 Å². The van der Waals surface area contributed by atoms with Crippen LogP contribution in [0, 0.1) is 17.5 Å². The highest BCUT2D eigenvalue weighted by molar-refractivity contribution is 6.07. The number of nitrogens with one attached hydrogen (secondary N) is 2. The van der Waals surface area contributed by atoms with Gasteiger partial charge in [-0.3, -0.25) is 4.79 Å². The molecule has 4 rings (SSSR count). The van der Waals surface area contributed by atoms with Crippen molar-refractivity contribution in [3.05, 3.63) is 89.8 Å². The zero-order valence-corrected chi connectivity index (χ0v) is 17.9. The Hall–Kier alpha value is -4.71. The number of anilines is 4. The molecule has 1 amide bonds. The smallest absolute Gasteiger partial charge is 0.261 e. The van der Waals surface area contributed by atoms with Gasteiger partial charge < -0.3 is 26.8 Å². The number of carbonyl (C=O) groups is 1. The van der Waals surface area contributed by atoms with Crippen molar-refractivity contribution in [3.63, 3.8) is 0 Å². The van der Waals surface area contributed by atoms with Crippen LogP contribution >= 0.6 is 0 Å². The Morgan fingerprint density at radius 2 is 1.83 bits per heavy atom. The predicted molar refractivity (Wildman–Crippen MR) is 123 cm³/mol. The van der Waals surface area contributed by atoms with Gasteiger partial charge >= 0.3 is 0 Å². The Kier molecular flexibility index (Phi) is 6.73. The highest BCUT2D eigenvalue weighted by Crippen LogP contribution is 2.29. The van der Waals surface area contributed by atoms with Crippen LogP contribution in [0.5, 0.6) is 11.5 Å². The number of nitrogens with zero attached hydrogens (tertiary/aromatic N) is 3. The quantitative estimate of drug-likeness (QED) is 0.309. The number of amides is 1. The minimum absolute atomic E-state index is 0.00422. The van der Waals surface area contributed by atoms with E-state index in [4.69, 9.17) is 16.2 Å². The molecule has 0 spiro atoms. The molecule has 178 valence electrons. The number of benzene rings is 2. The second kappa shape index (κ2) is 10.1. The maximum atomic E-state index is 14.7. The van der Waals surface area contributed by atoms with Crippen LogP contribution in [0.1, 0.15) is 16.2 Å². The van der Waals surface area contributed by atoms with Crippen molar-refractivity contribution in [1.82, 2.24) is 15.0 Å². The van der Waals surface area contributed by atoms with Crippen LogP contribution in [0.15, 0.2) is 60.9 Å². The third kappa shape index (κ3) is 5.62. The van der Waals surface area contributed by atoms with Crippen LogP contribution in [0.2, 0.25) is 0 Å². The van der Waals surface area contributed by atoms with Crippen LogP contribution in [0.25, 0.3) is 0 Å². The van der Waals surface area contributed by atoms with E-state index in [9.17, 15) is 18.0 Å². The predicted octanol–water partition coefficient (Wildman–Crippen LogP) is 4.12. The van der Waals surface area contributed by atoms with Crippen molar-refractivity contribution in [1.29, 1.82) is 0 Å². The summed E-state index contributed by atoms with van der Waals surface area (Å²) in [5.41, 5.74) is 11.1. The molecule has 0 aliphatic heterocycles. The first-order chi connectivity index (χ1) is 16.8. The summed E-state index contributed by atoms with van der Waals surface area (Å²) in [5, 5.41) is 5.16. The van der Waals surface area contributed by atoms with Gasteiger partial charge in [-0.2, -0.15) is 0 Å². The Morgan fingerprint density at radius 1 is 1.00 bits per heavy atom. The topological polar surface area (TPSA) is 141 Å². The molecule has 0 saturated heterocycles. The van der Waals surface area contributed by atoms with Gasteiger partial charge in [0.1, 0.15) is 40.4 Å². The molecule has 0 atom stereocenters. The fraction of sp³-hybridized carbons (Fsp3) is 0.0435. The van der Waals surface area contributed by atoms with Gasteiger partial charge in [-0.05, 0) is 30.3 Å². The number of pyridine rings is 1. The third-order valence-electron chi connectivity index (χ3n) is 4.62. The van der Waals surface area contributed by atoms with Crippen molar-refractivity contribution >= 4 is 28.9 Å². The van der Waals surface area contributed by atoms with Gasteiger partial charge in [-0.15, -0.1) is 0 Å². The van der Waals surface area contributed by atoms with Crippen molar-refractivity contribution in [2.75, 3.05) is 16.4 Å². The molecular weight excluding hydrogens is 463 g/mol. The Balaban J connectivity index is 1.58. The molecule has 0 bridgehead atoms. The van der Waals surface area contributed by atoms with Gasteiger partial charge in [0, 0.05) is 36.3 Å². The highest BCUT2D eigenvalue weighted by Gasteiger charge is 2.18. The molecule has 2 aromatic heterocycles. The van der Waals surface area contributed by atoms with E-state index in [0.717, 1.165) is 18.2 Å². The van der Waals surface area contributed by atoms with E-state index in [0.29, 0.717) is 11.8 Å². The molecule has 4 aromatic rings. The summed E-state index contributed by atoms with van der Waals surface area (Å²) in [7, 11) is 0. The van der Waals surface area contributed by atoms with E-state index in [2.05, 4.69) is 25.6 Å². The number of carbonyl (C=O) groups excluding carboxylic acids is 1. The first kappa shape index (κ1) is 23.4. The maximum absolute atomic E-state index is 14.7. The third-order valence-corrected chi connectivity index (χ3v) is 4.62. The van der Waals surface area contributed by atoms with Crippen LogP contribution in [0.3, 0.4) is 0 Å². The first-order valence-corrected chi connectivity index (χ1v) is 10.1. The summed E-state index contributed by atoms with van der Waals surface area (Å²) in [5.74, 6) is -2.60. The lowest BCUT2D eigenvalue weighted by Crippen LogP contribution is -2.17. The zero-order valence-electron chi connectivity index (χ0n) is 17.9.